The molecule has 0 radical (unpaired) electrons. The van der Waals surface area contributed by atoms with Gasteiger partial charge in [-0.2, -0.15) is 5.10 Å². The van der Waals surface area contributed by atoms with Crippen LogP contribution in [0.2, 0.25) is 5.02 Å². The predicted octanol–water partition coefficient (Wildman–Crippen LogP) is 9.15. The van der Waals surface area contributed by atoms with Gasteiger partial charge in [0.2, 0.25) is 11.7 Å². The molecule has 0 unspecified atom stereocenters. The number of aryl methyl sites for hydroxylation is 2. The number of fused-ring (bicyclic) bond motifs is 1. The number of H-pyrrole nitrogens is 1. The fourth-order valence-corrected chi connectivity index (χ4v) is 5.10. The second-order valence-electron chi connectivity index (χ2n) is 10.1. The molecule has 6 rings (SSSR count). The highest BCUT2D eigenvalue weighted by molar-refractivity contribution is 7.99. The third-order valence-corrected chi connectivity index (χ3v) is 7.71. The number of ketones is 1. The third kappa shape index (κ3) is 7.72. The van der Waals surface area contributed by atoms with Crippen molar-refractivity contribution in [2.45, 2.75) is 53.9 Å². The van der Waals surface area contributed by atoms with Gasteiger partial charge in [0.15, 0.2) is 0 Å². The van der Waals surface area contributed by atoms with Crippen molar-refractivity contribution in [3.63, 3.8) is 0 Å². The largest absolute Gasteiger partial charge is 0.439 e. The first kappa shape index (κ1) is 32.0. The van der Waals surface area contributed by atoms with Crippen LogP contribution in [0.4, 0.5) is 11.5 Å². The standard InChI is InChI=1S/C26H23ClN6O2S.C5H10.C2H6/c1-14-7-16-9-22(31-21(16)11-20(14)32-36-3)25(34)19-12-30-33(26(19)28)23-13-29-24(8-15(23)2)35-18-6-4-5-17(27)10-18;1-2-5-3-4-5;1-2/h4-13,31-32H,28H2,1-3H3;5H,2-4H2,1H3;1-2H3. The molecule has 1 aliphatic rings. The quantitative estimate of drug-likeness (QED) is 0.117. The molecule has 8 nitrogen and oxygen atoms in total. The summed E-state index contributed by atoms with van der Waals surface area (Å²) < 4.78 is 10.6. The number of hydrogen-bond acceptors (Lipinski definition) is 7. The van der Waals surface area contributed by atoms with E-state index < -0.39 is 0 Å². The lowest BCUT2D eigenvalue weighted by Crippen LogP contribution is -2.08. The van der Waals surface area contributed by atoms with Gasteiger partial charge in [-0.1, -0.05) is 69.6 Å². The molecule has 1 fully saturated rings. The van der Waals surface area contributed by atoms with Gasteiger partial charge >= 0.3 is 0 Å². The van der Waals surface area contributed by atoms with Crippen molar-refractivity contribution in [1.82, 2.24) is 19.7 Å². The lowest BCUT2D eigenvalue weighted by Gasteiger charge is -2.10. The summed E-state index contributed by atoms with van der Waals surface area (Å²) in [6.45, 7) is 10.2. The average molecular weight is 619 g/mol. The molecular formula is C33H39ClN6O2S. The van der Waals surface area contributed by atoms with Gasteiger partial charge in [0.05, 0.1) is 29.3 Å². The van der Waals surface area contributed by atoms with Crippen molar-refractivity contribution in [3.8, 4) is 17.3 Å². The summed E-state index contributed by atoms with van der Waals surface area (Å²) in [6.07, 6.45) is 9.49. The van der Waals surface area contributed by atoms with Gasteiger partial charge in [-0.05, 0) is 67.3 Å². The van der Waals surface area contributed by atoms with E-state index in [4.69, 9.17) is 22.1 Å². The highest BCUT2D eigenvalue weighted by atomic mass is 35.5. The summed E-state index contributed by atoms with van der Waals surface area (Å²) >= 11 is 7.54. The van der Waals surface area contributed by atoms with E-state index in [2.05, 4.69) is 26.7 Å². The van der Waals surface area contributed by atoms with Crippen LogP contribution in [0.5, 0.6) is 11.6 Å². The van der Waals surface area contributed by atoms with Crippen molar-refractivity contribution in [1.29, 1.82) is 0 Å². The molecule has 0 aliphatic heterocycles. The number of carbonyl (C=O) groups is 1. The number of nitrogens with one attached hydrogen (secondary N) is 2. The topological polar surface area (TPSA) is 111 Å². The summed E-state index contributed by atoms with van der Waals surface area (Å²) in [7, 11) is 0. The Balaban J connectivity index is 0.000000540. The molecular weight excluding hydrogens is 580 g/mol. The van der Waals surface area contributed by atoms with Gasteiger partial charge in [0.1, 0.15) is 11.6 Å². The molecule has 0 spiro atoms. The van der Waals surface area contributed by atoms with E-state index in [0.29, 0.717) is 33.6 Å². The van der Waals surface area contributed by atoms with Crippen molar-refractivity contribution >= 4 is 51.7 Å². The van der Waals surface area contributed by atoms with E-state index in [0.717, 1.165) is 33.6 Å². The Kier molecular flexibility index (Phi) is 10.8. The zero-order valence-electron chi connectivity index (χ0n) is 25.5. The number of nitrogens with two attached hydrogens (primary N) is 1. The van der Waals surface area contributed by atoms with Crippen LogP contribution in [0.3, 0.4) is 0 Å². The van der Waals surface area contributed by atoms with Crippen molar-refractivity contribution in [2.75, 3.05) is 16.7 Å². The number of halogens is 1. The number of nitrogen functional groups attached to an aromatic ring is 1. The molecule has 1 saturated carbocycles. The minimum Gasteiger partial charge on any atom is -0.439 e. The van der Waals surface area contributed by atoms with Crippen LogP contribution >= 0.6 is 23.5 Å². The van der Waals surface area contributed by atoms with Crippen LogP contribution in [-0.4, -0.2) is 31.8 Å². The molecule has 43 heavy (non-hydrogen) atoms. The maximum atomic E-state index is 13.3. The molecule has 0 saturated heterocycles. The van der Waals surface area contributed by atoms with Crippen LogP contribution < -0.4 is 15.2 Å². The van der Waals surface area contributed by atoms with Gasteiger partial charge in [-0.25, -0.2) is 9.67 Å². The van der Waals surface area contributed by atoms with Crippen molar-refractivity contribution in [3.05, 3.63) is 88.3 Å². The Morgan fingerprint density at radius 3 is 2.53 bits per heavy atom. The van der Waals surface area contributed by atoms with Gasteiger partial charge in [0.25, 0.3) is 0 Å². The molecule has 0 bridgehead atoms. The number of carbonyl (C=O) groups excluding carboxylic acids is 1. The molecule has 0 amide bonds. The minimum atomic E-state index is -0.237. The van der Waals surface area contributed by atoms with Gasteiger partial charge < -0.3 is 20.2 Å². The molecule has 5 aromatic rings. The highest BCUT2D eigenvalue weighted by Crippen LogP contribution is 2.31. The Labute approximate surface area is 262 Å². The molecule has 4 N–H and O–H groups in total. The van der Waals surface area contributed by atoms with E-state index in [1.54, 1.807) is 36.5 Å². The molecule has 3 heterocycles. The summed E-state index contributed by atoms with van der Waals surface area (Å²) in [5.74, 6) is 2.12. The van der Waals surface area contributed by atoms with Crippen LogP contribution in [0, 0.1) is 19.8 Å². The number of aromatic amines is 1. The zero-order chi connectivity index (χ0) is 31.1. The Morgan fingerprint density at radius 2 is 1.91 bits per heavy atom. The number of hydrogen-bond donors (Lipinski definition) is 3. The van der Waals surface area contributed by atoms with Gasteiger partial charge in [-0.15, -0.1) is 0 Å². The van der Waals surface area contributed by atoms with Crippen molar-refractivity contribution < 1.29 is 9.53 Å². The van der Waals surface area contributed by atoms with E-state index in [1.807, 2.05) is 52.1 Å². The van der Waals surface area contributed by atoms with Crippen LogP contribution in [0.25, 0.3) is 16.6 Å². The molecule has 0 atom stereocenters. The summed E-state index contributed by atoms with van der Waals surface area (Å²) in [6, 6.07) is 14.7. The molecule has 10 heteroatoms. The number of anilines is 2. The number of pyridine rings is 1. The first-order valence-corrected chi connectivity index (χ1v) is 16.1. The van der Waals surface area contributed by atoms with E-state index in [-0.39, 0.29) is 11.6 Å². The first-order valence-electron chi connectivity index (χ1n) is 14.5. The summed E-state index contributed by atoms with van der Waals surface area (Å²) in [5.41, 5.74) is 11.5. The normalized spacial score (nSPS) is 12.2. The molecule has 1 aliphatic carbocycles. The second kappa shape index (κ2) is 14.5. The van der Waals surface area contributed by atoms with E-state index in [1.165, 1.54) is 42.1 Å². The van der Waals surface area contributed by atoms with Gasteiger partial charge in [-0.3, -0.25) is 4.79 Å². The number of nitrogens with zero attached hydrogens (tertiary/aromatic N) is 3. The van der Waals surface area contributed by atoms with Crippen LogP contribution in [0.15, 0.2) is 60.9 Å². The lowest BCUT2D eigenvalue weighted by molar-refractivity contribution is 0.103. The Hall–Kier alpha value is -3.95. The SMILES string of the molecule is CC.CCC1CC1.CSNc1cc2[nH]c(C(=O)c3cnn(-c4cnc(Oc5cccc(Cl)c5)cc4C)c3N)cc2cc1C. The first-order chi connectivity index (χ1) is 20.8. The van der Waals surface area contributed by atoms with Crippen LogP contribution in [-0.2, 0) is 0 Å². The minimum absolute atomic E-state index is 0.230. The third-order valence-electron chi connectivity index (χ3n) is 7.05. The fraction of sp³-hybridized carbons (Fsp3) is 0.303. The second-order valence-corrected chi connectivity index (χ2v) is 11.2. The number of rotatable bonds is 8. The smallest absolute Gasteiger partial charge is 0.219 e. The number of aromatic nitrogens is 4. The summed E-state index contributed by atoms with van der Waals surface area (Å²) in [4.78, 5) is 20.9. The summed E-state index contributed by atoms with van der Waals surface area (Å²) in [5, 5.41) is 5.89. The molecule has 3 aromatic heterocycles. The lowest BCUT2D eigenvalue weighted by atomic mass is 10.1. The zero-order valence-corrected chi connectivity index (χ0v) is 27.1. The fourth-order valence-electron chi connectivity index (χ4n) is 4.48. The predicted molar refractivity (Wildman–Crippen MR) is 180 cm³/mol. The average Bonchev–Trinajstić information content (AvgIpc) is 3.65. The molecule has 226 valence electrons. The Bertz CT molecular complexity index is 1710. The molecule has 2 aromatic carbocycles. The van der Waals surface area contributed by atoms with Crippen molar-refractivity contribution in [2.24, 2.45) is 5.92 Å². The Morgan fingerprint density at radius 1 is 1.14 bits per heavy atom. The van der Waals surface area contributed by atoms with Gasteiger partial charge in [0, 0.05) is 33.9 Å². The number of benzene rings is 2. The van der Waals surface area contributed by atoms with E-state index in [9.17, 15) is 4.79 Å². The maximum absolute atomic E-state index is 13.3. The van der Waals surface area contributed by atoms with Crippen LogP contribution in [0.1, 0.15) is 67.2 Å². The maximum Gasteiger partial charge on any atom is 0.219 e. The number of ether oxygens (including phenoxy) is 1. The highest BCUT2D eigenvalue weighted by Gasteiger charge is 2.21. The van der Waals surface area contributed by atoms with E-state index >= 15 is 0 Å². The monoisotopic (exact) mass is 618 g/mol.